The van der Waals surface area contributed by atoms with Crippen LogP contribution >= 0.6 is 11.3 Å². The van der Waals surface area contributed by atoms with Crippen molar-refractivity contribution in [2.24, 2.45) is 7.05 Å². The second-order valence-corrected chi connectivity index (χ2v) is 7.52. The SMILES string of the molecule is Cc1nn(C)c(C)c1CN(C)Cc1csc(-c2ccc3c(c2)OCO3)n1. The molecule has 0 fully saturated rings. The summed E-state index contributed by atoms with van der Waals surface area (Å²) in [4.78, 5) is 7.07. The first-order chi connectivity index (χ1) is 12.5. The van der Waals surface area contributed by atoms with E-state index < -0.39 is 0 Å². The number of ether oxygens (including phenoxy) is 2. The van der Waals surface area contributed by atoms with E-state index in [-0.39, 0.29) is 0 Å². The lowest BCUT2D eigenvalue weighted by Crippen LogP contribution is -2.18. The van der Waals surface area contributed by atoms with Gasteiger partial charge in [-0.3, -0.25) is 9.58 Å². The molecular weight excluding hydrogens is 348 g/mol. The van der Waals surface area contributed by atoms with Gasteiger partial charge in [0.2, 0.25) is 6.79 Å². The Labute approximate surface area is 157 Å². The first-order valence-electron chi connectivity index (χ1n) is 8.53. The van der Waals surface area contributed by atoms with Crippen LogP contribution in [0.25, 0.3) is 10.6 Å². The molecule has 0 saturated heterocycles. The van der Waals surface area contributed by atoms with Crippen molar-refractivity contribution in [3.8, 4) is 22.1 Å². The van der Waals surface area contributed by atoms with Gasteiger partial charge in [0, 0.05) is 42.3 Å². The van der Waals surface area contributed by atoms with E-state index in [0.29, 0.717) is 6.79 Å². The lowest BCUT2D eigenvalue weighted by Gasteiger charge is -2.15. The van der Waals surface area contributed by atoms with Gasteiger partial charge >= 0.3 is 0 Å². The molecule has 0 saturated carbocycles. The average molecular weight is 370 g/mol. The highest BCUT2D eigenvalue weighted by Gasteiger charge is 2.16. The Morgan fingerprint density at radius 2 is 2.00 bits per heavy atom. The van der Waals surface area contributed by atoms with Crippen LogP contribution in [-0.2, 0) is 20.1 Å². The molecule has 3 aromatic rings. The normalized spacial score (nSPS) is 13.0. The molecular formula is C19H22N4O2S. The number of thiazole rings is 1. The van der Waals surface area contributed by atoms with E-state index >= 15 is 0 Å². The quantitative estimate of drug-likeness (QED) is 0.688. The molecule has 0 unspecified atom stereocenters. The first kappa shape index (κ1) is 17.1. The van der Waals surface area contributed by atoms with Gasteiger partial charge in [-0.2, -0.15) is 5.10 Å². The van der Waals surface area contributed by atoms with Gasteiger partial charge < -0.3 is 9.47 Å². The summed E-state index contributed by atoms with van der Waals surface area (Å²) in [5, 5.41) is 7.62. The molecule has 0 spiro atoms. The average Bonchev–Trinajstić information content (AvgIpc) is 3.31. The van der Waals surface area contributed by atoms with Crippen molar-refractivity contribution in [2.75, 3.05) is 13.8 Å². The highest BCUT2D eigenvalue weighted by Crippen LogP contribution is 2.36. The summed E-state index contributed by atoms with van der Waals surface area (Å²) in [7, 11) is 4.11. The predicted octanol–water partition coefficient (Wildman–Crippen LogP) is 3.52. The zero-order valence-electron chi connectivity index (χ0n) is 15.4. The van der Waals surface area contributed by atoms with Crippen LogP contribution in [0.4, 0.5) is 0 Å². The van der Waals surface area contributed by atoms with Crippen LogP contribution in [0.2, 0.25) is 0 Å². The van der Waals surface area contributed by atoms with Crippen LogP contribution in [-0.4, -0.2) is 33.5 Å². The molecule has 0 aliphatic carbocycles. The topological polar surface area (TPSA) is 52.4 Å². The van der Waals surface area contributed by atoms with E-state index in [0.717, 1.165) is 46.5 Å². The van der Waals surface area contributed by atoms with Crippen molar-refractivity contribution in [3.05, 3.63) is 46.2 Å². The molecule has 4 rings (SSSR count). The highest BCUT2D eigenvalue weighted by atomic mass is 32.1. The van der Waals surface area contributed by atoms with E-state index in [2.05, 4.69) is 36.3 Å². The van der Waals surface area contributed by atoms with E-state index in [4.69, 9.17) is 14.5 Å². The largest absolute Gasteiger partial charge is 0.454 e. The Balaban J connectivity index is 1.46. The molecule has 2 aromatic heterocycles. The van der Waals surface area contributed by atoms with Gasteiger partial charge in [0.05, 0.1) is 11.4 Å². The van der Waals surface area contributed by atoms with Gasteiger partial charge in [0.15, 0.2) is 11.5 Å². The minimum Gasteiger partial charge on any atom is -0.454 e. The lowest BCUT2D eigenvalue weighted by molar-refractivity contribution is 0.174. The Bertz CT molecular complexity index is 947. The number of aromatic nitrogens is 3. The molecule has 0 N–H and O–H groups in total. The fourth-order valence-electron chi connectivity index (χ4n) is 3.19. The van der Waals surface area contributed by atoms with Gasteiger partial charge in [0.25, 0.3) is 0 Å². The lowest BCUT2D eigenvalue weighted by atomic mass is 10.2. The van der Waals surface area contributed by atoms with E-state index in [1.165, 1.54) is 11.3 Å². The molecule has 1 aliphatic rings. The number of aryl methyl sites for hydroxylation is 2. The summed E-state index contributed by atoms with van der Waals surface area (Å²) in [6.45, 7) is 6.14. The fraction of sp³-hybridized carbons (Fsp3) is 0.368. The zero-order valence-corrected chi connectivity index (χ0v) is 16.3. The Morgan fingerprint density at radius 1 is 1.19 bits per heavy atom. The molecule has 0 radical (unpaired) electrons. The van der Waals surface area contributed by atoms with Crippen LogP contribution < -0.4 is 9.47 Å². The highest BCUT2D eigenvalue weighted by molar-refractivity contribution is 7.13. The Morgan fingerprint density at radius 3 is 2.77 bits per heavy atom. The maximum absolute atomic E-state index is 5.46. The standard InChI is InChI=1S/C19H22N4O2S/c1-12-16(13(2)23(4)21-12)9-22(3)8-15-10-26-19(20-15)14-5-6-17-18(7-14)25-11-24-17/h5-7,10H,8-9,11H2,1-4H3. The number of nitrogens with zero attached hydrogens (tertiary/aromatic N) is 4. The summed E-state index contributed by atoms with van der Waals surface area (Å²) in [6, 6.07) is 5.97. The van der Waals surface area contributed by atoms with Crippen molar-refractivity contribution in [2.45, 2.75) is 26.9 Å². The summed E-state index contributed by atoms with van der Waals surface area (Å²) < 4.78 is 12.8. The third kappa shape index (κ3) is 3.20. The Hall–Kier alpha value is -2.38. The third-order valence-electron chi connectivity index (χ3n) is 4.69. The van der Waals surface area contributed by atoms with Crippen LogP contribution in [0.1, 0.15) is 22.6 Å². The van der Waals surface area contributed by atoms with E-state index in [9.17, 15) is 0 Å². The van der Waals surface area contributed by atoms with Crippen LogP contribution in [0.15, 0.2) is 23.6 Å². The van der Waals surface area contributed by atoms with Gasteiger partial charge in [-0.15, -0.1) is 11.3 Å². The molecule has 6 nitrogen and oxygen atoms in total. The summed E-state index contributed by atoms with van der Waals surface area (Å²) in [5.74, 6) is 1.59. The van der Waals surface area contributed by atoms with Crippen LogP contribution in [0, 0.1) is 13.8 Å². The van der Waals surface area contributed by atoms with Crippen LogP contribution in [0.3, 0.4) is 0 Å². The molecule has 1 aromatic carbocycles. The number of hydrogen-bond acceptors (Lipinski definition) is 6. The molecule has 136 valence electrons. The number of hydrogen-bond donors (Lipinski definition) is 0. The number of rotatable bonds is 5. The Kier molecular flexibility index (Phi) is 4.42. The monoisotopic (exact) mass is 370 g/mol. The number of fused-ring (bicyclic) bond motifs is 1. The second-order valence-electron chi connectivity index (χ2n) is 6.66. The van der Waals surface area contributed by atoms with Crippen molar-refractivity contribution in [3.63, 3.8) is 0 Å². The smallest absolute Gasteiger partial charge is 0.231 e. The van der Waals surface area contributed by atoms with Crippen molar-refractivity contribution >= 4 is 11.3 Å². The maximum Gasteiger partial charge on any atom is 0.231 e. The molecule has 0 atom stereocenters. The van der Waals surface area contributed by atoms with Gasteiger partial charge in [-0.1, -0.05) is 0 Å². The molecule has 1 aliphatic heterocycles. The molecule has 26 heavy (non-hydrogen) atoms. The van der Waals surface area contributed by atoms with E-state index in [1.807, 2.05) is 29.9 Å². The van der Waals surface area contributed by atoms with Crippen LogP contribution in [0.5, 0.6) is 11.5 Å². The molecule has 0 bridgehead atoms. The van der Waals surface area contributed by atoms with E-state index in [1.54, 1.807) is 11.3 Å². The molecule has 7 heteroatoms. The zero-order chi connectivity index (χ0) is 18.3. The minimum absolute atomic E-state index is 0.292. The van der Waals surface area contributed by atoms with Crippen molar-refractivity contribution < 1.29 is 9.47 Å². The molecule has 3 heterocycles. The summed E-state index contributed by atoms with van der Waals surface area (Å²) in [6.07, 6.45) is 0. The summed E-state index contributed by atoms with van der Waals surface area (Å²) >= 11 is 1.66. The van der Waals surface area contributed by atoms with Crippen molar-refractivity contribution in [1.29, 1.82) is 0 Å². The minimum atomic E-state index is 0.292. The number of benzene rings is 1. The first-order valence-corrected chi connectivity index (χ1v) is 9.41. The fourth-order valence-corrected chi connectivity index (χ4v) is 4.00. The van der Waals surface area contributed by atoms with Gasteiger partial charge in [-0.25, -0.2) is 4.98 Å². The van der Waals surface area contributed by atoms with Crippen molar-refractivity contribution in [1.82, 2.24) is 19.7 Å². The third-order valence-corrected chi connectivity index (χ3v) is 5.63. The predicted molar refractivity (Wildman–Crippen MR) is 102 cm³/mol. The molecule has 0 amide bonds. The second kappa shape index (κ2) is 6.74. The summed E-state index contributed by atoms with van der Waals surface area (Å²) in [5.41, 5.74) is 5.74. The van der Waals surface area contributed by atoms with Gasteiger partial charge in [0.1, 0.15) is 5.01 Å². The maximum atomic E-state index is 5.46. The van der Waals surface area contributed by atoms with Gasteiger partial charge in [-0.05, 0) is 39.1 Å².